The van der Waals surface area contributed by atoms with Crippen LogP contribution in [0, 0.1) is 5.82 Å². The van der Waals surface area contributed by atoms with Crippen molar-refractivity contribution >= 4 is 18.0 Å². The molecule has 0 bridgehead atoms. The third-order valence-corrected chi connectivity index (χ3v) is 4.03. The second kappa shape index (κ2) is 9.38. The van der Waals surface area contributed by atoms with E-state index in [1.165, 1.54) is 18.2 Å². The zero-order valence-electron chi connectivity index (χ0n) is 17.5. The van der Waals surface area contributed by atoms with Gasteiger partial charge in [0.2, 0.25) is 0 Å². The molecule has 0 N–H and O–H groups in total. The van der Waals surface area contributed by atoms with Crippen LogP contribution in [0.5, 0.6) is 0 Å². The molecule has 0 spiro atoms. The smallest absolute Gasteiger partial charge is 0.344 e. The summed E-state index contributed by atoms with van der Waals surface area (Å²) < 4.78 is 25.1. The fraction of sp³-hybridized carbons (Fsp3) is 0.208. The Morgan fingerprint density at radius 1 is 1.06 bits per heavy atom. The Morgan fingerprint density at radius 2 is 1.74 bits per heavy atom. The maximum Gasteiger partial charge on any atom is 0.344 e. The topological polar surface area (TPSA) is 70.4 Å². The number of rotatable bonds is 6. The van der Waals surface area contributed by atoms with Gasteiger partial charge in [0.25, 0.3) is 0 Å². The van der Waals surface area contributed by atoms with Gasteiger partial charge in [-0.25, -0.2) is 18.7 Å². The van der Waals surface area contributed by atoms with Gasteiger partial charge in [0, 0.05) is 23.4 Å². The summed E-state index contributed by atoms with van der Waals surface area (Å²) in [6.07, 6.45) is 4.51. The van der Waals surface area contributed by atoms with Crippen LogP contribution >= 0.6 is 0 Å². The van der Waals surface area contributed by atoms with E-state index in [9.17, 15) is 14.0 Å². The van der Waals surface area contributed by atoms with Gasteiger partial charge in [-0.1, -0.05) is 18.2 Å². The molecule has 0 aliphatic rings. The van der Waals surface area contributed by atoms with Crippen LogP contribution in [0.1, 0.15) is 26.3 Å². The van der Waals surface area contributed by atoms with Gasteiger partial charge in [-0.05, 0) is 63.2 Å². The van der Waals surface area contributed by atoms with Gasteiger partial charge in [0.15, 0.2) is 6.61 Å². The van der Waals surface area contributed by atoms with E-state index in [2.05, 4.69) is 5.10 Å². The highest BCUT2D eigenvalue weighted by molar-refractivity contribution is 5.90. The molecular weight excluding hydrogens is 399 g/mol. The van der Waals surface area contributed by atoms with E-state index < -0.39 is 24.1 Å². The first kappa shape index (κ1) is 22.0. The summed E-state index contributed by atoms with van der Waals surface area (Å²) in [6, 6.07) is 15.4. The van der Waals surface area contributed by atoms with Crippen LogP contribution in [0.25, 0.3) is 23.0 Å². The molecule has 0 radical (unpaired) electrons. The number of para-hydroxylation sites is 1. The van der Waals surface area contributed by atoms with Crippen molar-refractivity contribution in [1.82, 2.24) is 9.78 Å². The number of carbonyl (C=O) groups excluding carboxylic acids is 2. The van der Waals surface area contributed by atoms with E-state index in [1.54, 1.807) is 49.9 Å². The molecule has 7 heteroatoms. The first-order valence-electron chi connectivity index (χ1n) is 9.69. The number of hydrogen-bond donors (Lipinski definition) is 0. The lowest BCUT2D eigenvalue weighted by molar-refractivity contribution is -0.164. The van der Waals surface area contributed by atoms with Gasteiger partial charge in [0.1, 0.15) is 11.4 Å². The van der Waals surface area contributed by atoms with Crippen molar-refractivity contribution < 1.29 is 23.5 Å². The highest BCUT2D eigenvalue weighted by atomic mass is 19.1. The lowest BCUT2D eigenvalue weighted by Gasteiger charge is -2.19. The largest absolute Gasteiger partial charge is 0.457 e. The predicted molar refractivity (Wildman–Crippen MR) is 115 cm³/mol. The summed E-state index contributed by atoms with van der Waals surface area (Å²) in [4.78, 5) is 23.8. The van der Waals surface area contributed by atoms with Gasteiger partial charge in [-0.15, -0.1) is 0 Å². The predicted octanol–water partition coefficient (Wildman–Crippen LogP) is 4.58. The van der Waals surface area contributed by atoms with E-state index in [0.29, 0.717) is 16.8 Å². The van der Waals surface area contributed by atoms with Gasteiger partial charge >= 0.3 is 11.9 Å². The zero-order valence-corrected chi connectivity index (χ0v) is 17.5. The monoisotopic (exact) mass is 422 g/mol. The molecule has 0 aliphatic carbocycles. The van der Waals surface area contributed by atoms with Gasteiger partial charge < -0.3 is 9.47 Å². The molecule has 3 rings (SSSR count). The van der Waals surface area contributed by atoms with E-state index in [0.717, 1.165) is 5.69 Å². The summed E-state index contributed by atoms with van der Waals surface area (Å²) >= 11 is 0. The van der Waals surface area contributed by atoms with E-state index >= 15 is 0 Å². The minimum Gasteiger partial charge on any atom is -0.457 e. The lowest BCUT2D eigenvalue weighted by atomic mass is 10.1. The molecule has 6 nitrogen and oxygen atoms in total. The Labute approximate surface area is 179 Å². The average molecular weight is 422 g/mol. The summed E-state index contributed by atoms with van der Waals surface area (Å²) in [7, 11) is 0. The third kappa shape index (κ3) is 6.37. The number of nitrogens with zero attached hydrogens (tertiary/aromatic N) is 2. The lowest BCUT2D eigenvalue weighted by Crippen LogP contribution is -2.27. The Hall–Kier alpha value is -3.74. The first-order valence-corrected chi connectivity index (χ1v) is 9.69. The molecule has 3 aromatic rings. The van der Waals surface area contributed by atoms with Crippen LogP contribution in [-0.4, -0.2) is 33.9 Å². The normalized spacial score (nSPS) is 11.5. The molecule has 31 heavy (non-hydrogen) atoms. The molecular formula is C24H23FN2O4. The van der Waals surface area contributed by atoms with Gasteiger partial charge in [0.05, 0.1) is 11.4 Å². The van der Waals surface area contributed by atoms with Crippen LogP contribution in [0.2, 0.25) is 0 Å². The van der Waals surface area contributed by atoms with E-state index in [1.807, 2.05) is 30.3 Å². The number of halogens is 1. The van der Waals surface area contributed by atoms with Crippen LogP contribution in [0.3, 0.4) is 0 Å². The summed E-state index contributed by atoms with van der Waals surface area (Å²) in [6.45, 7) is 4.71. The fourth-order valence-corrected chi connectivity index (χ4v) is 2.76. The van der Waals surface area contributed by atoms with E-state index in [-0.39, 0.29) is 5.82 Å². The van der Waals surface area contributed by atoms with Crippen molar-refractivity contribution in [3.8, 4) is 16.9 Å². The fourth-order valence-electron chi connectivity index (χ4n) is 2.76. The van der Waals surface area contributed by atoms with E-state index in [4.69, 9.17) is 9.47 Å². The number of ether oxygens (including phenoxy) is 2. The molecule has 0 saturated carbocycles. The van der Waals surface area contributed by atoms with Crippen molar-refractivity contribution in [3.05, 3.63) is 78.3 Å². The van der Waals surface area contributed by atoms with Crippen molar-refractivity contribution in [1.29, 1.82) is 0 Å². The molecule has 2 aromatic carbocycles. The quantitative estimate of drug-likeness (QED) is 0.430. The maximum absolute atomic E-state index is 13.3. The Balaban J connectivity index is 1.80. The maximum atomic E-state index is 13.3. The molecule has 0 aliphatic heterocycles. The molecule has 0 amide bonds. The standard InChI is InChI=1S/C24H23FN2O4/c1-24(2,3)31-22(29)16-30-21(28)14-11-18-15-27(20-7-5-4-6-8-20)26-23(18)17-9-12-19(25)13-10-17/h4-15H,16H2,1-3H3. The second-order valence-corrected chi connectivity index (χ2v) is 7.75. The Kier molecular flexibility index (Phi) is 6.65. The van der Waals surface area contributed by atoms with Crippen LogP contribution < -0.4 is 0 Å². The molecule has 0 atom stereocenters. The molecule has 0 unspecified atom stereocenters. The van der Waals surface area contributed by atoms with Crippen molar-refractivity contribution in [3.63, 3.8) is 0 Å². The number of carbonyl (C=O) groups is 2. The highest BCUT2D eigenvalue weighted by Crippen LogP contribution is 2.25. The average Bonchev–Trinajstić information content (AvgIpc) is 3.15. The van der Waals surface area contributed by atoms with Crippen molar-refractivity contribution in [2.75, 3.05) is 6.61 Å². The van der Waals surface area contributed by atoms with Gasteiger partial charge in [-0.3, -0.25) is 0 Å². The molecule has 160 valence electrons. The summed E-state index contributed by atoms with van der Waals surface area (Å²) in [5.74, 6) is -1.67. The molecule has 0 saturated heterocycles. The number of hydrogen-bond acceptors (Lipinski definition) is 5. The van der Waals surface area contributed by atoms with Crippen LogP contribution in [0.15, 0.2) is 66.9 Å². The summed E-state index contributed by atoms with van der Waals surface area (Å²) in [5.41, 5.74) is 2.07. The van der Waals surface area contributed by atoms with Gasteiger partial charge in [-0.2, -0.15) is 5.10 Å². The Morgan fingerprint density at radius 3 is 2.39 bits per heavy atom. The number of aromatic nitrogens is 2. The molecule has 1 aromatic heterocycles. The second-order valence-electron chi connectivity index (χ2n) is 7.75. The zero-order chi connectivity index (χ0) is 22.4. The van der Waals surface area contributed by atoms with Crippen LogP contribution in [0.4, 0.5) is 4.39 Å². The summed E-state index contributed by atoms with van der Waals surface area (Å²) in [5, 5.41) is 4.59. The van der Waals surface area contributed by atoms with Crippen molar-refractivity contribution in [2.24, 2.45) is 0 Å². The van der Waals surface area contributed by atoms with Crippen LogP contribution in [-0.2, 0) is 19.1 Å². The molecule has 1 heterocycles. The first-order chi connectivity index (χ1) is 14.7. The minimum absolute atomic E-state index is 0.353. The SMILES string of the molecule is CC(C)(C)OC(=O)COC(=O)C=Cc1cn(-c2ccccc2)nc1-c1ccc(F)cc1. The Bertz CT molecular complexity index is 1080. The highest BCUT2D eigenvalue weighted by Gasteiger charge is 2.17. The van der Waals surface area contributed by atoms with Crippen molar-refractivity contribution in [2.45, 2.75) is 26.4 Å². The number of esters is 2. The number of benzene rings is 2. The third-order valence-electron chi connectivity index (χ3n) is 4.03. The molecule has 0 fully saturated rings. The minimum atomic E-state index is -0.691.